The maximum atomic E-state index is 13.5. The van der Waals surface area contributed by atoms with Gasteiger partial charge in [-0.1, -0.05) is 23.3 Å². The lowest BCUT2D eigenvalue weighted by molar-refractivity contribution is -0.148. The Morgan fingerprint density at radius 1 is 1.14 bits per heavy atom. The molecule has 2 fully saturated rings. The van der Waals surface area contributed by atoms with Gasteiger partial charge >= 0.3 is 6.01 Å². The second kappa shape index (κ2) is 6.65. The number of likely N-dealkylation sites (tertiary alicyclic amines) is 1. The zero-order chi connectivity index (χ0) is 19.1. The van der Waals surface area contributed by atoms with Gasteiger partial charge in [-0.2, -0.15) is 0 Å². The summed E-state index contributed by atoms with van der Waals surface area (Å²) in [6.45, 7) is 4.89. The average molecular weight is 379 g/mol. The van der Waals surface area contributed by atoms with Crippen LogP contribution in [-0.2, 0) is 11.3 Å². The molecule has 4 heterocycles. The summed E-state index contributed by atoms with van der Waals surface area (Å²) in [5.41, 5.74) is 2.08. The molecule has 0 bridgehead atoms. The molecule has 1 N–H and O–H groups in total. The number of hydrogen-bond acceptors (Lipinski definition) is 5. The van der Waals surface area contributed by atoms with Crippen LogP contribution in [0.4, 0.5) is 6.01 Å². The van der Waals surface area contributed by atoms with E-state index in [0.29, 0.717) is 24.4 Å². The summed E-state index contributed by atoms with van der Waals surface area (Å²) in [6.07, 6.45) is 5.77. The number of fused-ring (bicyclic) bond motifs is 1. The van der Waals surface area contributed by atoms with E-state index in [2.05, 4.69) is 37.1 Å². The summed E-state index contributed by atoms with van der Waals surface area (Å²) in [5.74, 6) is 0.888. The second-order valence-corrected chi connectivity index (χ2v) is 8.06. The number of aromatic amines is 1. The Balaban J connectivity index is 1.31. The van der Waals surface area contributed by atoms with Gasteiger partial charge in [0.1, 0.15) is 0 Å². The van der Waals surface area contributed by atoms with Crippen molar-refractivity contribution in [2.75, 3.05) is 24.5 Å². The smallest absolute Gasteiger partial charge is 0.318 e. The van der Waals surface area contributed by atoms with Gasteiger partial charge in [0.25, 0.3) is 0 Å². The van der Waals surface area contributed by atoms with Gasteiger partial charge in [-0.15, -0.1) is 5.10 Å². The lowest BCUT2D eigenvalue weighted by atomic mass is 9.71. The van der Waals surface area contributed by atoms with Gasteiger partial charge in [0.05, 0.1) is 5.41 Å². The Labute approximate surface area is 163 Å². The first-order valence-corrected chi connectivity index (χ1v) is 10.0. The van der Waals surface area contributed by atoms with Crippen LogP contribution in [0.5, 0.6) is 0 Å². The molecule has 7 heteroatoms. The van der Waals surface area contributed by atoms with E-state index in [9.17, 15) is 4.79 Å². The number of para-hydroxylation sites is 1. The van der Waals surface area contributed by atoms with Gasteiger partial charge in [0, 0.05) is 50.2 Å². The zero-order valence-electron chi connectivity index (χ0n) is 16.1. The molecule has 2 saturated heterocycles. The molecule has 1 spiro atoms. The number of amides is 1. The van der Waals surface area contributed by atoms with Crippen LogP contribution in [0.15, 0.2) is 34.9 Å². The zero-order valence-corrected chi connectivity index (χ0v) is 16.1. The van der Waals surface area contributed by atoms with Crippen LogP contribution in [0.25, 0.3) is 10.9 Å². The average Bonchev–Trinajstić information content (AvgIpc) is 3.33. The van der Waals surface area contributed by atoms with Crippen LogP contribution >= 0.6 is 0 Å². The van der Waals surface area contributed by atoms with E-state index in [4.69, 9.17) is 4.42 Å². The van der Waals surface area contributed by atoms with Crippen molar-refractivity contribution in [1.82, 2.24) is 20.1 Å². The van der Waals surface area contributed by atoms with Crippen LogP contribution in [-0.4, -0.2) is 45.6 Å². The third-order valence-electron chi connectivity index (χ3n) is 6.37. The van der Waals surface area contributed by atoms with Gasteiger partial charge in [0.2, 0.25) is 11.8 Å². The maximum absolute atomic E-state index is 13.5. The Kier molecular flexibility index (Phi) is 4.10. The molecule has 146 valence electrons. The Hall–Kier alpha value is -2.83. The quantitative estimate of drug-likeness (QED) is 0.756. The number of piperidine rings is 2. The van der Waals surface area contributed by atoms with Crippen LogP contribution in [0.2, 0.25) is 0 Å². The molecule has 2 aromatic heterocycles. The molecule has 3 aromatic rings. The molecule has 28 heavy (non-hydrogen) atoms. The van der Waals surface area contributed by atoms with E-state index in [-0.39, 0.29) is 5.41 Å². The summed E-state index contributed by atoms with van der Waals surface area (Å²) in [5, 5.41) is 9.25. The van der Waals surface area contributed by atoms with E-state index >= 15 is 0 Å². The largest absolute Gasteiger partial charge is 0.408 e. The van der Waals surface area contributed by atoms with Crippen molar-refractivity contribution in [2.24, 2.45) is 5.41 Å². The first-order valence-electron chi connectivity index (χ1n) is 10.0. The number of benzene rings is 1. The highest BCUT2D eigenvalue weighted by Crippen LogP contribution is 2.42. The van der Waals surface area contributed by atoms with Crippen LogP contribution in [0.1, 0.15) is 37.1 Å². The fraction of sp³-hybridized carbons (Fsp3) is 0.476. The lowest BCUT2D eigenvalue weighted by Gasteiger charge is -2.46. The highest BCUT2D eigenvalue weighted by Gasteiger charge is 2.46. The standard InChI is InChI=1S/C21H25N5O2/c1-15-23-24-20(28-15)25-11-8-21(9-12-25)7-4-10-26(19(21)27)14-16-13-22-18-6-3-2-5-17(16)18/h2-3,5-6,13,22H,4,7-12,14H2,1H3. The number of carbonyl (C=O) groups excluding carboxylic acids is 1. The summed E-state index contributed by atoms with van der Waals surface area (Å²) in [6, 6.07) is 8.85. The first-order chi connectivity index (χ1) is 13.6. The molecular formula is C21H25N5O2. The first kappa shape index (κ1) is 17.3. The monoisotopic (exact) mass is 379 g/mol. The molecule has 1 amide bonds. The summed E-state index contributed by atoms with van der Waals surface area (Å²) >= 11 is 0. The molecule has 2 aliphatic rings. The SMILES string of the molecule is Cc1nnc(N2CCC3(CCCN(Cc4c[nH]c5ccccc45)C3=O)CC2)o1. The van der Waals surface area contributed by atoms with E-state index in [0.717, 1.165) is 50.8 Å². The van der Waals surface area contributed by atoms with E-state index in [1.807, 2.05) is 18.3 Å². The highest BCUT2D eigenvalue weighted by molar-refractivity contribution is 5.86. The highest BCUT2D eigenvalue weighted by atomic mass is 16.4. The Bertz CT molecular complexity index is 999. The van der Waals surface area contributed by atoms with Crippen LogP contribution < -0.4 is 4.90 Å². The number of hydrogen-bond donors (Lipinski definition) is 1. The minimum Gasteiger partial charge on any atom is -0.408 e. The summed E-state index contributed by atoms with van der Waals surface area (Å²) < 4.78 is 5.56. The van der Waals surface area contributed by atoms with Crippen LogP contribution in [0.3, 0.4) is 0 Å². The number of aryl methyl sites for hydroxylation is 1. The van der Waals surface area contributed by atoms with Crippen molar-refractivity contribution in [3.05, 3.63) is 41.9 Å². The molecule has 0 aliphatic carbocycles. The molecule has 1 aromatic carbocycles. The minimum absolute atomic E-state index is 0.240. The van der Waals surface area contributed by atoms with Gasteiger partial charge in [-0.25, -0.2) is 0 Å². The molecule has 0 atom stereocenters. The van der Waals surface area contributed by atoms with Gasteiger partial charge in [-0.3, -0.25) is 4.79 Å². The Morgan fingerprint density at radius 2 is 1.96 bits per heavy atom. The molecule has 0 unspecified atom stereocenters. The molecule has 2 aliphatic heterocycles. The van der Waals surface area contributed by atoms with Crippen molar-refractivity contribution in [2.45, 2.75) is 39.2 Å². The van der Waals surface area contributed by atoms with E-state index in [1.165, 1.54) is 10.9 Å². The van der Waals surface area contributed by atoms with Gasteiger partial charge < -0.3 is 19.2 Å². The topological polar surface area (TPSA) is 78.3 Å². The molecule has 0 saturated carbocycles. The molecule has 5 rings (SSSR count). The van der Waals surface area contributed by atoms with Crippen molar-refractivity contribution in [3.8, 4) is 0 Å². The number of rotatable bonds is 3. The third kappa shape index (κ3) is 2.85. The summed E-state index contributed by atoms with van der Waals surface area (Å²) in [7, 11) is 0. The predicted octanol–water partition coefficient (Wildman–Crippen LogP) is 3.27. The second-order valence-electron chi connectivity index (χ2n) is 8.06. The van der Waals surface area contributed by atoms with Crippen molar-refractivity contribution in [1.29, 1.82) is 0 Å². The lowest BCUT2D eigenvalue weighted by Crippen LogP contribution is -2.53. The van der Waals surface area contributed by atoms with Gasteiger partial charge in [-0.05, 0) is 37.3 Å². The Morgan fingerprint density at radius 3 is 2.75 bits per heavy atom. The number of H-pyrrole nitrogens is 1. The molecule has 7 nitrogen and oxygen atoms in total. The van der Waals surface area contributed by atoms with Gasteiger partial charge in [0.15, 0.2) is 0 Å². The van der Waals surface area contributed by atoms with Crippen LogP contribution in [0, 0.1) is 12.3 Å². The van der Waals surface area contributed by atoms with E-state index < -0.39 is 0 Å². The number of anilines is 1. The fourth-order valence-electron chi connectivity index (χ4n) is 4.77. The number of aromatic nitrogens is 3. The fourth-order valence-corrected chi connectivity index (χ4v) is 4.77. The van der Waals surface area contributed by atoms with Crippen molar-refractivity contribution < 1.29 is 9.21 Å². The maximum Gasteiger partial charge on any atom is 0.318 e. The number of nitrogens with one attached hydrogen (secondary N) is 1. The molecule has 0 radical (unpaired) electrons. The van der Waals surface area contributed by atoms with E-state index in [1.54, 1.807) is 6.92 Å². The normalized spacial score (nSPS) is 19.7. The number of nitrogens with zero attached hydrogens (tertiary/aromatic N) is 4. The minimum atomic E-state index is -0.240. The number of carbonyl (C=O) groups is 1. The summed E-state index contributed by atoms with van der Waals surface area (Å²) in [4.78, 5) is 20.9. The van der Waals surface area contributed by atoms with Crippen molar-refractivity contribution in [3.63, 3.8) is 0 Å². The third-order valence-corrected chi connectivity index (χ3v) is 6.37. The molecular weight excluding hydrogens is 354 g/mol. The van der Waals surface area contributed by atoms with Crippen molar-refractivity contribution >= 4 is 22.8 Å². The predicted molar refractivity (Wildman–Crippen MR) is 106 cm³/mol.